The maximum atomic E-state index is 11.5. The Bertz CT molecular complexity index is 570. The highest BCUT2D eigenvalue weighted by Crippen LogP contribution is 2.41. The second-order valence-electron chi connectivity index (χ2n) is 3.41. The molecule has 0 amide bonds. The largest absolute Gasteiger partial charge is 0.872 e. The number of benzene rings is 2. The van der Waals surface area contributed by atoms with Gasteiger partial charge in [0, 0.05) is 9.79 Å². The van der Waals surface area contributed by atoms with Gasteiger partial charge in [-0.25, -0.2) is 4.79 Å². The number of rotatable bonds is 4. The van der Waals surface area contributed by atoms with E-state index >= 15 is 0 Å². The van der Waals surface area contributed by atoms with Crippen molar-refractivity contribution in [3.05, 3.63) is 54.1 Å². The van der Waals surface area contributed by atoms with E-state index < -0.39 is 5.97 Å². The Morgan fingerprint density at radius 1 is 0.944 bits per heavy atom. The van der Waals surface area contributed by atoms with Crippen molar-refractivity contribution in [3.63, 3.8) is 0 Å². The zero-order valence-corrected chi connectivity index (χ0v) is 10.8. The van der Waals surface area contributed by atoms with Crippen molar-refractivity contribution in [2.45, 2.75) is 9.79 Å². The van der Waals surface area contributed by atoms with Crippen molar-refractivity contribution in [3.8, 4) is 5.75 Å². The summed E-state index contributed by atoms with van der Waals surface area (Å²) in [6, 6.07) is 13.4. The van der Waals surface area contributed by atoms with Gasteiger partial charge in [0.25, 0.3) is 0 Å². The molecular formula is C13H9O3S2-. The smallest absolute Gasteiger partial charge is 0.336 e. The van der Waals surface area contributed by atoms with E-state index in [9.17, 15) is 9.90 Å². The predicted molar refractivity (Wildman–Crippen MR) is 71.0 cm³/mol. The topological polar surface area (TPSA) is 60.4 Å². The quantitative estimate of drug-likeness (QED) is 0.869. The molecule has 0 aliphatic heterocycles. The fraction of sp³-hybridized carbons (Fsp3) is 0. The van der Waals surface area contributed by atoms with Crippen LogP contribution in [0.1, 0.15) is 10.4 Å². The van der Waals surface area contributed by atoms with Gasteiger partial charge < -0.3 is 10.2 Å². The summed E-state index contributed by atoms with van der Waals surface area (Å²) in [5.41, 5.74) is 0.249. The predicted octanol–water partition coefficient (Wildman–Crippen LogP) is 3.26. The van der Waals surface area contributed by atoms with E-state index in [-0.39, 0.29) is 11.3 Å². The van der Waals surface area contributed by atoms with E-state index in [4.69, 9.17) is 5.11 Å². The Morgan fingerprint density at radius 2 is 1.50 bits per heavy atom. The zero-order chi connectivity index (χ0) is 13.0. The van der Waals surface area contributed by atoms with Crippen LogP contribution in [0.5, 0.6) is 5.75 Å². The van der Waals surface area contributed by atoms with Crippen molar-refractivity contribution in [1.29, 1.82) is 0 Å². The van der Waals surface area contributed by atoms with Crippen LogP contribution >= 0.6 is 21.6 Å². The van der Waals surface area contributed by atoms with Crippen molar-refractivity contribution >= 4 is 27.6 Å². The second kappa shape index (κ2) is 5.84. The monoisotopic (exact) mass is 277 g/mol. The number of hydrogen-bond acceptors (Lipinski definition) is 4. The highest BCUT2D eigenvalue weighted by atomic mass is 33.1. The lowest BCUT2D eigenvalue weighted by molar-refractivity contribution is -0.272. The van der Waals surface area contributed by atoms with Gasteiger partial charge in [-0.3, -0.25) is 0 Å². The van der Waals surface area contributed by atoms with Crippen LogP contribution in [0.2, 0.25) is 0 Å². The number of hydrogen-bond donors (Lipinski definition) is 1. The van der Waals surface area contributed by atoms with Crippen molar-refractivity contribution < 1.29 is 15.0 Å². The first-order valence-electron chi connectivity index (χ1n) is 5.11. The van der Waals surface area contributed by atoms with Gasteiger partial charge in [0.05, 0.1) is 5.56 Å². The average Bonchev–Trinajstić information content (AvgIpc) is 2.38. The molecule has 0 aromatic heterocycles. The maximum absolute atomic E-state index is 11.5. The Hall–Kier alpha value is -1.59. The van der Waals surface area contributed by atoms with Gasteiger partial charge in [0.15, 0.2) is 0 Å². The maximum Gasteiger partial charge on any atom is 0.336 e. The number of aromatic carboxylic acids is 1. The van der Waals surface area contributed by atoms with Crippen molar-refractivity contribution in [2.75, 3.05) is 0 Å². The molecule has 0 saturated heterocycles. The first-order valence-corrected chi connectivity index (χ1v) is 7.26. The lowest BCUT2D eigenvalue weighted by Gasteiger charge is -2.11. The highest BCUT2D eigenvalue weighted by Gasteiger charge is 2.09. The molecule has 0 aliphatic carbocycles. The van der Waals surface area contributed by atoms with Crippen molar-refractivity contribution in [2.24, 2.45) is 0 Å². The molecule has 0 spiro atoms. The van der Waals surface area contributed by atoms with E-state index in [2.05, 4.69) is 0 Å². The number of carboxylic acid groups (broad SMARTS) is 1. The third-order valence-electron chi connectivity index (χ3n) is 2.19. The molecule has 3 nitrogen and oxygen atoms in total. The lowest BCUT2D eigenvalue weighted by Crippen LogP contribution is -1.97. The van der Waals surface area contributed by atoms with Gasteiger partial charge in [0.2, 0.25) is 0 Å². The summed E-state index contributed by atoms with van der Waals surface area (Å²) in [5.74, 6) is -1.02. The van der Waals surface area contributed by atoms with E-state index in [0.29, 0.717) is 9.79 Å². The van der Waals surface area contributed by atoms with Crippen LogP contribution in [0.15, 0.2) is 58.3 Å². The average molecular weight is 277 g/mol. The van der Waals surface area contributed by atoms with E-state index in [0.717, 1.165) is 0 Å². The molecule has 2 rings (SSSR count). The summed E-state index contributed by atoms with van der Waals surface area (Å²) in [6.45, 7) is 0. The minimum Gasteiger partial charge on any atom is -0.872 e. The van der Waals surface area contributed by atoms with Gasteiger partial charge in [-0.05, 0) is 18.2 Å². The van der Waals surface area contributed by atoms with Crippen LogP contribution in [0, 0.1) is 0 Å². The van der Waals surface area contributed by atoms with Crippen LogP contribution in [0.4, 0.5) is 0 Å². The fourth-order valence-corrected chi connectivity index (χ4v) is 3.56. The van der Waals surface area contributed by atoms with Gasteiger partial charge in [-0.1, -0.05) is 57.7 Å². The van der Waals surface area contributed by atoms with Gasteiger partial charge in [-0.15, -0.1) is 0 Å². The number of para-hydroxylation sites is 1. The third-order valence-corrected chi connectivity index (χ3v) is 4.65. The third kappa shape index (κ3) is 3.00. The van der Waals surface area contributed by atoms with E-state index in [1.807, 2.05) is 0 Å². The Morgan fingerprint density at radius 3 is 2.17 bits per heavy atom. The lowest BCUT2D eigenvalue weighted by atomic mass is 10.2. The van der Waals surface area contributed by atoms with Gasteiger partial charge >= 0.3 is 5.97 Å². The molecule has 1 N–H and O–H groups in total. The molecule has 0 aliphatic rings. The first kappa shape index (κ1) is 12.9. The summed E-state index contributed by atoms with van der Waals surface area (Å²) >= 11 is 0. The number of carboxylic acids is 1. The summed E-state index contributed by atoms with van der Waals surface area (Å²) in [4.78, 5) is 12.3. The Balaban J connectivity index is 2.16. The number of carbonyl (C=O) groups is 1. The fourth-order valence-electron chi connectivity index (χ4n) is 1.32. The molecule has 0 unspecified atom stereocenters. The second-order valence-corrected chi connectivity index (χ2v) is 5.63. The minimum atomic E-state index is -0.964. The van der Waals surface area contributed by atoms with Crippen LogP contribution in [0.25, 0.3) is 0 Å². The molecule has 0 fully saturated rings. The molecule has 92 valence electrons. The molecular weight excluding hydrogens is 268 g/mol. The minimum absolute atomic E-state index is 0.0530. The molecule has 0 heterocycles. The highest BCUT2D eigenvalue weighted by molar-refractivity contribution is 8.76. The first-order chi connectivity index (χ1) is 8.68. The summed E-state index contributed by atoms with van der Waals surface area (Å²) < 4.78 is 0. The SMILES string of the molecule is O=C(O)c1ccccc1SSc1ccccc1[O-]. The van der Waals surface area contributed by atoms with Crippen LogP contribution in [-0.2, 0) is 0 Å². The Labute approximate surface area is 112 Å². The molecule has 18 heavy (non-hydrogen) atoms. The summed E-state index contributed by atoms with van der Waals surface area (Å²) in [6.07, 6.45) is 0. The molecule has 2 aromatic carbocycles. The zero-order valence-electron chi connectivity index (χ0n) is 9.20. The molecule has 0 radical (unpaired) electrons. The molecule has 5 heteroatoms. The molecule has 2 aromatic rings. The normalized spacial score (nSPS) is 10.2. The van der Waals surface area contributed by atoms with Crippen LogP contribution in [0.3, 0.4) is 0 Å². The Kier molecular flexibility index (Phi) is 4.17. The van der Waals surface area contributed by atoms with Crippen molar-refractivity contribution in [1.82, 2.24) is 0 Å². The summed E-state index contributed by atoms with van der Waals surface area (Å²) in [7, 11) is 2.55. The molecule has 0 atom stereocenters. The molecule has 0 bridgehead atoms. The van der Waals surface area contributed by atoms with E-state index in [1.54, 1.807) is 42.5 Å². The van der Waals surface area contributed by atoms with Crippen LogP contribution in [-0.4, -0.2) is 11.1 Å². The summed E-state index contributed by atoms with van der Waals surface area (Å²) in [5, 5.41) is 20.5. The molecule has 0 saturated carbocycles. The van der Waals surface area contributed by atoms with E-state index in [1.165, 1.54) is 27.7 Å². The van der Waals surface area contributed by atoms with Crippen LogP contribution < -0.4 is 5.11 Å². The standard InChI is InChI=1S/C13H10O3S2/c14-10-6-2-4-8-12(10)18-17-11-7-3-1-5-9(11)13(15)16/h1-8,14H,(H,15,16)/p-1. The van der Waals surface area contributed by atoms with Gasteiger partial charge in [-0.2, -0.15) is 0 Å². The van der Waals surface area contributed by atoms with Gasteiger partial charge in [0.1, 0.15) is 0 Å².